The van der Waals surface area contributed by atoms with E-state index in [2.05, 4.69) is 38.2 Å². The van der Waals surface area contributed by atoms with E-state index in [1.54, 1.807) is 6.20 Å². The minimum absolute atomic E-state index is 0.0794. The van der Waals surface area contributed by atoms with E-state index in [4.69, 9.17) is 0 Å². The number of aromatic nitrogens is 2. The number of aryl methyl sites for hydroxylation is 1. The van der Waals surface area contributed by atoms with Crippen LogP contribution in [0.2, 0.25) is 0 Å². The van der Waals surface area contributed by atoms with Crippen LogP contribution in [0, 0.1) is 5.92 Å². The number of likely N-dealkylation sites (tertiary alicyclic amines) is 1. The second kappa shape index (κ2) is 7.22. The lowest BCUT2D eigenvalue weighted by atomic mass is 9.99. The molecule has 0 unspecified atom stereocenters. The zero-order valence-corrected chi connectivity index (χ0v) is 13.8. The summed E-state index contributed by atoms with van der Waals surface area (Å²) in [6, 6.07) is 0. The van der Waals surface area contributed by atoms with Crippen LogP contribution in [-0.4, -0.2) is 40.9 Å². The monoisotopic (exact) mass is 342 g/mol. The molecule has 20 heavy (non-hydrogen) atoms. The average molecular weight is 343 g/mol. The third-order valence-electron chi connectivity index (χ3n) is 3.90. The van der Waals surface area contributed by atoms with Gasteiger partial charge in [-0.2, -0.15) is 5.10 Å². The van der Waals surface area contributed by atoms with Gasteiger partial charge < -0.3 is 10.2 Å². The van der Waals surface area contributed by atoms with Gasteiger partial charge in [0.05, 0.1) is 11.9 Å². The molecule has 112 valence electrons. The van der Waals surface area contributed by atoms with Crippen molar-refractivity contribution in [2.45, 2.75) is 33.2 Å². The summed E-state index contributed by atoms with van der Waals surface area (Å²) >= 11 is 3.36. The Kier molecular flexibility index (Phi) is 5.60. The van der Waals surface area contributed by atoms with Gasteiger partial charge in [-0.25, -0.2) is 4.68 Å². The van der Waals surface area contributed by atoms with Crippen LogP contribution in [0.5, 0.6) is 0 Å². The van der Waals surface area contributed by atoms with Crippen molar-refractivity contribution in [3.8, 4) is 0 Å². The normalized spacial score (nSPS) is 17.4. The quantitative estimate of drug-likeness (QED) is 0.890. The van der Waals surface area contributed by atoms with Crippen molar-refractivity contribution in [2.75, 3.05) is 31.5 Å². The molecule has 0 amide bonds. The van der Waals surface area contributed by atoms with Crippen LogP contribution < -0.4 is 10.9 Å². The van der Waals surface area contributed by atoms with Gasteiger partial charge in [0.25, 0.3) is 5.56 Å². The molecule has 1 fully saturated rings. The van der Waals surface area contributed by atoms with E-state index in [1.165, 1.54) is 30.6 Å². The third-order valence-corrected chi connectivity index (χ3v) is 4.67. The molecule has 0 radical (unpaired) electrons. The summed E-state index contributed by atoms with van der Waals surface area (Å²) in [5.41, 5.74) is 0.703. The highest BCUT2D eigenvalue weighted by Crippen LogP contribution is 2.17. The van der Waals surface area contributed by atoms with Gasteiger partial charge in [0, 0.05) is 19.6 Å². The molecule has 1 aliphatic heterocycles. The Morgan fingerprint density at radius 1 is 1.45 bits per heavy atom. The zero-order valence-electron chi connectivity index (χ0n) is 12.2. The Morgan fingerprint density at radius 2 is 2.15 bits per heavy atom. The first-order valence-corrected chi connectivity index (χ1v) is 8.13. The van der Waals surface area contributed by atoms with Crippen molar-refractivity contribution in [1.29, 1.82) is 0 Å². The van der Waals surface area contributed by atoms with Gasteiger partial charge in [-0.15, -0.1) is 0 Å². The number of halogens is 1. The van der Waals surface area contributed by atoms with E-state index in [0.29, 0.717) is 11.0 Å². The first-order chi connectivity index (χ1) is 9.61. The molecule has 0 bridgehead atoms. The van der Waals surface area contributed by atoms with Crippen LogP contribution in [0.4, 0.5) is 5.69 Å². The average Bonchev–Trinajstić information content (AvgIpc) is 2.46. The van der Waals surface area contributed by atoms with E-state index < -0.39 is 0 Å². The van der Waals surface area contributed by atoms with Gasteiger partial charge in [-0.1, -0.05) is 6.92 Å². The van der Waals surface area contributed by atoms with Crippen LogP contribution in [0.3, 0.4) is 0 Å². The molecule has 0 aromatic carbocycles. The Hall–Kier alpha value is -0.880. The zero-order chi connectivity index (χ0) is 14.5. The number of piperidine rings is 1. The number of nitrogens with one attached hydrogen (secondary N) is 1. The van der Waals surface area contributed by atoms with E-state index in [0.717, 1.165) is 24.7 Å². The number of anilines is 1. The molecule has 0 saturated carbocycles. The number of hydrogen-bond donors (Lipinski definition) is 1. The molecule has 2 rings (SSSR count). The highest BCUT2D eigenvalue weighted by atomic mass is 79.9. The fraction of sp³-hybridized carbons (Fsp3) is 0.714. The molecule has 1 aromatic rings. The maximum Gasteiger partial charge on any atom is 0.283 e. The Labute approximate surface area is 128 Å². The summed E-state index contributed by atoms with van der Waals surface area (Å²) in [6.07, 6.45) is 4.29. The molecule has 0 spiro atoms. The largest absolute Gasteiger partial charge is 0.381 e. The molecular formula is C14H23BrN4O. The SMILES string of the molecule is CCn1ncc(NCCN2CCC(C)CC2)c(Br)c1=O. The van der Waals surface area contributed by atoms with Gasteiger partial charge in [-0.3, -0.25) is 4.79 Å². The van der Waals surface area contributed by atoms with Gasteiger partial charge in [-0.05, 0) is 54.7 Å². The van der Waals surface area contributed by atoms with Crippen LogP contribution in [0.1, 0.15) is 26.7 Å². The lowest BCUT2D eigenvalue weighted by molar-refractivity contribution is 0.199. The smallest absolute Gasteiger partial charge is 0.283 e. The van der Waals surface area contributed by atoms with E-state index in [9.17, 15) is 4.79 Å². The summed E-state index contributed by atoms with van der Waals surface area (Å²) in [4.78, 5) is 14.4. The topological polar surface area (TPSA) is 50.2 Å². The van der Waals surface area contributed by atoms with E-state index in [-0.39, 0.29) is 5.56 Å². The fourth-order valence-electron chi connectivity index (χ4n) is 2.45. The molecule has 0 atom stereocenters. The second-order valence-electron chi connectivity index (χ2n) is 5.44. The molecule has 0 aliphatic carbocycles. The molecule has 1 N–H and O–H groups in total. The fourth-order valence-corrected chi connectivity index (χ4v) is 2.90. The molecule has 5 nitrogen and oxygen atoms in total. The van der Waals surface area contributed by atoms with Crippen molar-refractivity contribution < 1.29 is 0 Å². The van der Waals surface area contributed by atoms with E-state index >= 15 is 0 Å². The Bertz CT molecular complexity index is 494. The highest BCUT2D eigenvalue weighted by Gasteiger charge is 2.15. The molecule has 1 aromatic heterocycles. The molecule has 2 heterocycles. The Balaban J connectivity index is 1.85. The lowest BCUT2D eigenvalue weighted by Gasteiger charge is -2.30. The standard InChI is InChI=1S/C14H23BrN4O/c1-3-19-14(20)13(15)12(10-17-19)16-6-9-18-7-4-11(2)5-8-18/h10-11,16H,3-9H2,1-2H3. The summed E-state index contributed by atoms with van der Waals surface area (Å²) in [6.45, 7) is 9.02. The number of nitrogens with zero attached hydrogens (tertiary/aromatic N) is 3. The maximum absolute atomic E-state index is 11.9. The van der Waals surface area contributed by atoms with Crippen molar-refractivity contribution in [3.05, 3.63) is 21.0 Å². The summed E-state index contributed by atoms with van der Waals surface area (Å²) < 4.78 is 2.02. The first kappa shape index (κ1) is 15.5. The number of hydrogen-bond acceptors (Lipinski definition) is 4. The third kappa shape index (κ3) is 3.82. The lowest BCUT2D eigenvalue weighted by Crippen LogP contribution is -2.36. The summed E-state index contributed by atoms with van der Waals surface area (Å²) in [5, 5.41) is 7.43. The van der Waals surface area contributed by atoms with Crippen molar-refractivity contribution >= 4 is 21.6 Å². The van der Waals surface area contributed by atoms with Crippen LogP contribution in [-0.2, 0) is 6.54 Å². The maximum atomic E-state index is 11.9. The van der Waals surface area contributed by atoms with Gasteiger partial charge in [0.1, 0.15) is 4.47 Å². The predicted octanol–water partition coefficient (Wildman–Crippen LogP) is 2.17. The summed E-state index contributed by atoms with van der Waals surface area (Å²) in [5.74, 6) is 0.860. The predicted molar refractivity (Wildman–Crippen MR) is 85.2 cm³/mol. The first-order valence-electron chi connectivity index (χ1n) is 7.33. The number of rotatable bonds is 5. The van der Waals surface area contributed by atoms with Gasteiger partial charge in [0.2, 0.25) is 0 Å². The van der Waals surface area contributed by atoms with Crippen molar-refractivity contribution in [1.82, 2.24) is 14.7 Å². The summed E-state index contributed by atoms with van der Waals surface area (Å²) in [7, 11) is 0. The molecule has 1 saturated heterocycles. The highest BCUT2D eigenvalue weighted by molar-refractivity contribution is 9.10. The Morgan fingerprint density at radius 3 is 2.80 bits per heavy atom. The van der Waals surface area contributed by atoms with Gasteiger partial charge in [0.15, 0.2) is 0 Å². The van der Waals surface area contributed by atoms with Crippen molar-refractivity contribution in [3.63, 3.8) is 0 Å². The molecule has 1 aliphatic rings. The minimum atomic E-state index is -0.0794. The van der Waals surface area contributed by atoms with Crippen LogP contribution >= 0.6 is 15.9 Å². The molecular weight excluding hydrogens is 320 g/mol. The van der Waals surface area contributed by atoms with Gasteiger partial charge >= 0.3 is 0 Å². The van der Waals surface area contributed by atoms with Crippen LogP contribution in [0.15, 0.2) is 15.5 Å². The van der Waals surface area contributed by atoms with E-state index in [1.807, 2.05) is 6.92 Å². The van der Waals surface area contributed by atoms with Crippen LogP contribution in [0.25, 0.3) is 0 Å². The van der Waals surface area contributed by atoms with Crippen molar-refractivity contribution in [2.24, 2.45) is 5.92 Å². The minimum Gasteiger partial charge on any atom is -0.381 e. The second-order valence-corrected chi connectivity index (χ2v) is 6.24. The molecule has 6 heteroatoms.